The molecule has 0 bridgehead atoms. The molecule has 20 heavy (non-hydrogen) atoms. The lowest BCUT2D eigenvalue weighted by molar-refractivity contribution is -0.137. The fraction of sp³-hybridized carbons (Fsp3) is 0.429. The summed E-state index contributed by atoms with van der Waals surface area (Å²) in [6.07, 6.45) is 1.85. The van der Waals surface area contributed by atoms with Gasteiger partial charge in [0.1, 0.15) is 0 Å². The number of hydrogen-bond donors (Lipinski definition) is 2. The van der Waals surface area contributed by atoms with Gasteiger partial charge >= 0.3 is 5.97 Å². The van der Waals surface area contributed by atoms with E-state index in [0.717, 1.165) is 25.0 Å². The van der Waals surface area contributed by atoms with Crippen LogP contribution in [-0.4, -0.2) is 28.9 Å². The lowest BCUT2D eigenvalue weighted by atomic mass is 9.99. The largest absolute Gasteiger partial charge is 0.481 e. The third-order valence-corrected chi connectivity index (χ3v) is 3.18. The third-order valence-electron chi connectivity index (χ3n) is 3.18. The highest BCUT2D eigenvalue weighted by molar-refractivity contribution is 6.00. The van der Waals surface area contributed by atoms with Gasteiger partial charge < -0.3 is 10.4 Å². The van der Waals surface area contributed by atoms with Crippen LogP contribution in [0.2, 0.25) is 0 Å². The molecule has 1 aromatic rings. The van der Waals surface area contributed by atoms with Gasteiger partial charge in [0.05, 0.1) is 6.04 Å². The molecular formula is C14H15F2NO3. The van der Waals surface area contributed by atoms with E-state index in [1.807, 2.05) is 0 Å². The molecule has 2 rings (SSSR count). The number of carbonyl (C=O) groups excluding carboxylic acids is 1. The van der Waals surface area contributed by atoms with Crippen LogP contribution in [0.1, 0.15) is 36.0 Å². The molecule has 0 aromatic heterocycles. The zero-order valence-electron chi connectivity index (χ0n) is 10.7. The Hall–Kier alpha value is -1.82. The molecule has 0 saturated heterocycles. The molecule has 1 saturated carbocycles. The molecular weight excluding hydrogens is 268 g/mol. The van der Waals surface area contributed by atoms with Gasteiger partial charge in [-0.25, -0.2) is 8.78 Å². The van der Waals surface area contributed by atoms with E-state index in [-0.39, 0.29) is 24.4 Å². The predicted octanol–water partition coefficient (Wildman–Crippen LogP) is 2.13. The quantitative estimate of drug-likeness (QED) is 0.752. The van der Waals surface area contributed by atoms with Crippen molar-refractivity contribution in [2.24, 2.45) is 0 Å². The number of aliphatic carboxylic acids is 1. The molecule has 0 heterocycles. The number of carbonyl (C=O) groups is 2. The minimum atomic E-state index is -1.08. The van der Waals surface area contributed by atoms with Gasteiger partial charge in [0, 0.05) is 18.0 Å². The predicted molar refractivity (Wildman–Crippen MR) is 67.5 cm³/mol. The smallest absolute Gasteiger partial charge is 0.303 e. The molecule has 108 valence electrons. The fourth-order valence-corrected chi connectivity index (χ4v) is 1.94. The Bertz CT molecular complexity index is 529. The number of rotatable bonds is 7. The van der Waals surface area contributed by atoms with Gasteiger partial charge in [0.15, 0.2) is 17.4 Å². The van der Waals surface area contributed by atoms with Crippen LogP contribution in [0.15, 0.2) is 18.2 Å². The molecule has 1 aliphatic rings. The van der Waals surface area contributed by atoms with E-state index in [1.54, 1.807) is 0 Å². The van der Waals surface area contributed by atoms with Gasteiger partial charge in [-0.3, -0.25) is 9.59 Å². The van der Waals surface area contributed by atoms with Gasteiger partial charge in [-0.2, -0.15) is 0 Å². The third kappa shape index (κ3) is 3.84. The van der Waals surface area contributed by atoms with E-state index in [9.17, 15) is 18.4 Å². The molecule has 0 radical (unpaired) electrons. The summed E-state index contributed by atoms with van der Waals surface area (Å²) in [5.74, 6) is -3.50. The lowest BCUT2D eigenvalue weighted by Gasteiger charge is -2.16. The van der Waals surface area contributed by atoms with Gasteiger partial charge in [-0.1, -0.05) is 0 Å². The van der Waals surface area contributed by atoms with E-state index in [4.69, 9.17) is 5.11 Å². The molecule has 2 N–H and O–H groups in total. The van der Waals surface area contributed by atoms with Crippen LogP contribution >= 0.6 is 0 Å². The minimum Gasteiger partial charge on any atom is -0.481 e. The summed E-state index contributed by atoms with van der Waals surface area (Å²) < 4.78 is 26.0. The van der Waals surface area contributed by atoms with Crippen molar-refractivity contribution in [2.45, 2.75) is 37.8 Å². The topological polar surface area (TPSA) is 66.4 Å². The van der Waals surface area contributed by atoms with Crippen LogP contribution in [0.4, 0.5) is 8.78 Å². The first-order chi connectivity index (χ1) is 9.47. The summed E-state index contributed by atoms with van der Waals surface area (Å²) in [4.78, 5) is 22.9. The van der Waals surface area contributed by atoms with Crippen LogP contribution in [0.25, 0.3) is 0 Å². The first kappa shape index (κ1) is 14.6. The number of halogens is 2. The number of nitrogens with one attached hydrogen (secondary N) is 1. The van der Waals surface area contributed by atoms with E-state index in [1.165, 1.54) is 6.07 Å². The van der Waals surface area contributed by atoms with E-state index < -0.39 is 29.4 Å². The van der Waals surface area contributed by atoms with Crippen molar-refractivity contribution in [2.75, 3.05) is 0 Å². The van der Waals surface area contributed by atoms with E-state index in [0.29, 0.717) is 0 Å². The Balaban J connectivity index is 2.10. The fourth-order valence-electron chi connectivity index (χ4n) is 1.94. The monoisotopic (exact) mass is 283 g/mol. The first-order valence-electron chi connectivity index (χ1n) is 6.44. The SMILES string of the molecule is O=C(O)CCC(NC1CC1)C(=O)c1ccc(F)c(F)c1. The second kappa shape index (κ2) is 6.09. The number of ketones is 1. The molecule has 0 spiro atoms. The molecule has 0 aliphatic heterocycles. The van der Waals surface area contributed by atoms with Crippen LogP contribution in [-0.2, 0) is 4.79 Å². The average Bonchev–Trinajstić information content (AvgIpc) is 3.20. The van der Waals surface area contributed by atoms with Gasteiger partial charge in [-0.15, -0.1) is 0 Å². The Morgan fingerprint density at radius 1 is 1.30 bits per heavy atom. The Morgan fingerprint density at radius 2 is 2.00 bits per heavy atom. The summed E-state index contributed by atoms with van der Waals surface area (Å²) >= 11 is 0. The van der Waals surface area contributed by atoms with E-state index in [2.05, 4.69) is 5.32 Å². The standard InChI is InChI=1S/C14H15F2NO3/c15-10-4-1-8(7-11(10)16)14(20)12(5-6-13(18)19)17-9-2-3-9/h1,4,7,9,12,17H,2-3,5-6H2,(H,18,19). The molecule has 1 unspecified atom stereocenters. The molecule has 1 fully saturated rings. The van der Waals surface area contributed by atoms with Gasteiger partial charge in [0.25, 0.3) is 0 Å². The zero-order valence-corrected chi connectivity index (χ0v) is 10.7. The Kier molecular flexibility index (Phi) is 4.44. The van der Waals surface area contributed by atoms with Gasteiger partial charge in [0.2, 0.25) is 0 Å². The van der Waals surface area contributed by atoms with Crippen LogP contribution in [0.3, 0.4) is 0 Å². The van der Waals surface area contributed by atoms with Crippen LogP contribution < -0.4 is 5.32 Å². The molecule has 4 nitrogen and oxygen atoms in total. The highest BCUT2D eigenvalue weighted by Crippen LogP contribution is 2.22. The highest BCUT2D eigenvalue weighted by Gasteiger charge is 2.29. The van der Waals surface area contributed by atoms with Crippen molar-refractivity contribution in [3.63, 3.8) is 0 Å². The van der Waals surface area contributed by atoms with Crippen LogP contribution in [0.5, 0.6) is 0 Å². The second-order valence-electron chi connectivity index (χ2n) is 4.92. The number of carboxylic acid groups (broad SMARTS) is 1. The summed E-state index contributed by atoms with van der Waals surface area (Å²) in [5, 5.41) is 11.7. The summed E-state index contributed by atoms with van der Waals surface area (Å²) in [6, 6.07) is 2.49. The Morgan fingerprint density at radius 3 is 2.55 bits per heavy atom. The van der Waals surface area contributed by atoms with Gasteiger partial charge in [-0.05, 0) is 37.5 Å². The van der Waals surface area contributed by atoms with E-state index >= 15 is 0 Å². The lowest BCUT2D eigenvalue weighted by Crippen LogP contribution is -2.38. The van der Waals surface area contributed by atoms with Crippen molar-refractivity contribution < 1.29 is 23.5 Å². The maximum Gasteiger partial charge on any atom is 0.303 e. The summed E-state index contributed by atoms with van der Waals surface area (Å²) in [7, 11) is 0. The first-order valence-corrected chi connectivity index (χ1v) is 6.44. The molecule has 6 heteroatoms. The summed E-state index contributed by atoms with van der Waals surface area (Å²) in [5.41, 5.74) is 0.0486. The van der Waals surface area contributed by atoms with Crippen molar-refractivity contribution >= 4 is 11.8 Å². The molecule has 1 atom stereocenters. The van der Waals surface area contributed by atoms with Crippen LogP contribution in [0, 0.1) is 11.6 Å². The average molecular weight is 283 g/mol. The number of benzene rings is 1. The van der Waals surface area contributed by atoms with Crippen molar-refractivity contribution in [1.82, 2.24) is 5.32 Å². The minimum absolute atomic E-state index is 0.0486. The van der Waals surface area contributed by atoms with Crippen molar-refractivity contribution in [3.05, 3.63) is 35.4 Å². The maximum atomic E-state index is 13.2. The molecule has 0 amide bonds. The Labute approximate surface area is 114 Å². The number of carboxylic acids is 1. The summed E-state index contributed by atoms with van der Waals surface area (Å²) in [6.45, 7) is 0. The number of Topliss-reactive ketones (excluding diaryl/α,β-unsaturated/α-hetero) is 1. The van der Waals surface area contributed by atoms with Crippen molar-refractivity contribution in [1.29, 1.82) is 0 Å². The van der Waals surface area contributed by atoms with Crippen molar-refractivity contribution in [3.8, 4) is 0 Å². The molecule has 1 aliphatic carbocycles. The number of hydrogen-bond acceptors (Lipinski definition) is 3. The maximum absolute atomic E-state index is 13.2. The zero-order chi connectivity index (χ0) is 14.7. The second-order valence-corrected chi connectivity index (χ2v) is 4.92. The highest BCUT2D eigenvalue weighted by atomic mass is 19.2. The normalized spacial score (nSPS) is 15.9. The molecule has 1 aromatic carbocycles.